The van der Waals surface area contributed by atoms with Crippen LogP contribution >= 0.6 is 0 Å². The second-order valence-electron chi connectivity index (χ2n) is 5.11. The van der Waals surface area contributed by atoms with Crippen LogP contribution < -0.4 is 10.0 Å². The molecule has 0 atom stereocenters. The van der Waals surface area contributed by atoms with Gasteiger partial charge < -0.3 is 10.3 Å². The fraction of sp³-hybridized carbons (Fsp3) is 0.308. The summed E-state index contributed by atoms with van der Waals surface area (Å²) in [6.07, 6.45) is 4.49. The van der Waals surface area contributed by atoms with E-state index in [1.165, 1.54) is 25.4 Å². The lowest BCUT2D eigenvalue weighted by atomic mass is 10.0. The third-order valence-electron chi connectivity index (χ3n) is 3.06. The quantitative estimate of drug-likeness (QED) is 0.735. The van der Waals surface area contributed by atoms with E-state index in [4.69, 9.17) is 0 Å². The summed E-state index contributed by atoms with van der Waals surface area (Å²) in [4.78, 5) is 23.1. The van der Waals surface area contributed by atoms with Crippen LogP contribution in [0.4, 0.5) is 0 Å². The standard InChI is InChI=1S/C13H17N5O3S/c1-13(2,12-15-6-7-16-12)18-11(19)9-4-5-10(17-8-9)22(20,21)14-3/h4-8,14H,1-3H3,(H,15,16)(H,18,19). The minimum absolute atomic E-state index is 0.142. The average Bonchev–Trinajstić information content (AvgIpc) is 3.02. The van der Waals surface area contributed by atoms with Crippen molar-refractivity contribution < 1.29 is 13.2 Å². The highest BCUT2D eigenvalue weighted by atomic mass is 32.2. The first-order chi connectivity index (χ1) is 10.3. The van der Waals surface area contributed by atoms with Gasteiger partial charge in [0.2, 0.25) is 0 Å². The van der Waals surface area contributed by atoms with Crippen molar-refractivity contribution in [3.8, 4) is 0 Å². The van der Waals surface area contributed by atoms with Crippen LogP contribution in [-0.2, 0) is 15.6 Å². The maximum Gasteiger partial charge on any atom is 0.257 e. The van der Waals surface area contributed by atoms with Crippen molar-refractivity contribution in [1.29, 1.82) is 0 Å². The van der Waals surface area contributed by atoms with E-state index < -0.39 is 15.6 Å². The molecule has 0 unspecified atom stereocenters. The Labute approximate surface area is 128 Å². The third-order valence-corrected chi connectivity index (χ3v) is 4.39. The summed E-state index contributed by atoms with van der Waals surface area (Å²) < 4.78 is 25.3. The van der Waals surface area contributed by atoms with E-state index in [9.17, 15) is 13.2 Å². The molecule has 0 saturated carbocycles. The molecule has 0 aliphatic rings. The van der Waals surface area contributed by atoms with E-state index in [0.29, 0.717) is 5.82 Å². The molecule has 2 aromatic heterocycles. The molecule has 0 bridgehead atoms. The number of rotatable bonds is 5. The number of H-pyrrole nitrogens is 1. The molecule has 2 heterocycles. The van der Waals surface area contributed by atoms with Gasteiger partial charge in [0.1, 0.15) is 5.82 Å². The van der Waals surface area contributed by atoms with Crippen LogP contribution in [0.15, 0.2) is 35.7 Å². The number of aromatic nitrogens is 3. The highest BCUT2D eigenvalue weighted by Crippen LogP contribution is 2.16. The number of hydrogen-bond acceptors (Lipinski definition) is 5. The van der Waals surface area contributed by atoms with E-state index >= 15 is 0 Å². The van der Waals surface area contributed by atoms with Gasteiger partial charge in [-0.1, -0.05) is 0 Å². The van der Waals surface area contributed by atoms with Gasteiger partial charge in [-0.25, -0.2) is 23.1 Å². The van der Waals surface area contributed by atoms with Crippen molar-refractivity contribution in [1.82, 2.24) is 25.0 Å². The number of amides is 1. The lowest BCUT2D eigenvalue weighted by Crippen LogP contribution is -2.41. The fourth-order valence-corrected chi connectivity index (χ4v) is 2.45. The van der Waals surface area contributed by atoms with Crippen LogP contribution in [-0.4, -0.2) is 36.3 Å². The zero-order valence-corrected chi connectivity index (χ0v) is 13.2. The molecule has 0 aliphatic carbocycles. The molecule has 3 N–H and O–H groups in total. The molecule has 0 aliphatic heterocycles. The molecule has 2 aromatic rings. The first-order valence-corrected chi connectivity index (χ1v) is 7.96. The lowest BCUT2D eigenvalue weighted by Gasteiger charge is -2.23. The summed E-state index contributed by atoms with van der Waals surface area (Å²) in [6, 6.07) is 2.69. The summed E-state index contributed by atoms with van der Waals surface area (Å²) in [6.45, 7) is 3.61. The zero-order valence-electron chi connectivity index (χ0n) is 12.4. The number of carbonyl (C=O) groups excluding carboxylic acids is 1. The number of imidazole rings is 1. The van der Waals surface area contributed by atoms with Crippen LogP contribution in [0.25, 0.3) is 0 Å². The van der Waals surface area contributed by atoms with Crippen LogP contribution in [0, 0.1) is 0 Å². The molecule has 0 aromatic carbocycles. The van der Waals surface area contributed by atoms with Crippen LogP contribution in [0.3, 0.4) is 0 Å². The van der Waals surface area contributed by atoms with Crippen molar-refractivity contribution >= 4 is 15.9 Å². The summed E-state index contributed by atoms with van der Waals surface area (Å²) in [5, 5.41) is 2.67. The van der Waals surface area contributed by atoms with Crippen molar-refractivity contribution in [2.24, 2.45) is 0 Å². The lowest BCUT2D eigenvalue weighted by molar-refractivity contribution is 0.0908. The predicted molar refractivity (Wildman–Crippen MR) is 79.6 cm³/mol. The largest absolute Gasteiger partial charge is 0.347 e. The number of sulfonamides is 1. The molecule has 1 amide bonds. The zero-order chi connectivity index (χ0) is 16.4. The molecule has 0 fully saturated rings. The number of aromatic amines is 1. The van der Waals surface area contributed by atoms with Gasteiger partial charge >= 0.3 is 0 Å². The highest BCUT2D eigenvalue weighted by molar-refractivity contribution is 7.89. The highest BCUT2D eigenvalue weighted by Gasteiger charge is 2.26. The predicted octanol–water partition coefficient (Wildman–Crippen LogP) is 0.378. The molecular formula is C13H17N5O3S. The molecule has 0 saturated heterocycles. The Hall–Kier alpha value is -2.26. The number of nitrogens with zero attached hydrogens (tertiary/aromatic N) is 2. The third kappa shape index (κ3) is 3.31. The van der Waals surface area contributed by atoms with Gasteiger partial charge in [0.05, 0.1) is 11.1 Å². The molecule has 0 spiro atoms. The summed E-state index contributed by atoms with van der Waals surface area (Å²) in [7, 11) is -2.32. The molecule has 118 valence electrons. The van der Waals surface area contributed by atoms with Gasteiger partial charge in [0.25, 0.3) is 15.9 Å². The number of hydrogen-bond donors (Lipinski definition) is 3. The molecule has 0 radical (unpaired) electrons. The SMILES string of the molecule is CNS(=O)(=O)c1ccc(C(=O)NC(C)(C)c2ncc[nH]2)cn1. The summed E-state index contributed by atoms with van der Waals surface area (Å²) in [5.74, 6) is 0.241. The van der Waals surface area contributed by atoms with Crippen molar-refractivity contribution in [2.45, 2.75) is 24.4 Å². The maximum absolute atomic E-state index is 12.2. The van der Waals surface area contributed by atoms with Gasteiger partial charge in [-0.3, -0.25) is 4.79 Å². The monoisotopic (exact) mass is 323 g/mol. The van der Waals surface area contributed by atoms with Crippen molar-refractivity contribution in [3.63, 3.8) is 0 Å². The van der Waals surface area contributed by atoms with E-state index in [2.05, 4.69) is 25.0 Å². The van der Waals surface area contributed by atoms with Gasteiger partial charge in [0.15, 0.2) is 5.03 Å². The number of nitrogens with one attached hydrogen (secondary N) is 3. The first kappa shape index (κ1) is 16.1. The van der Waals surface area contributed by atoms with E-state index in [1.807, 2.05) is 0 Å². The van der Waals surface area contributed by atoms with Crippen LogP contribution in [0.2, 0.25) is 0 Å². The normalized spacial score (nSPS) is 12.1. The summed E-state index contributed by atoms with van der Waals surface area (Å²) >= 11 is 0. The van der Waals surface area contributed by atoms with Gasteiger partial charge in [-0.2, -0.15) is 0 Å². The first-order valence-electron chi connectivity index (χ1n) is 6.48. The maximum atomic E-state index is 12.2. The second kappa shape index (κ2) is 5.85. The minimum atomic E-state index is -3.62. The average molecular weight is 323 g/mol. The van der Waals surface area contributed by atoms with E-state index in [-0.39, 0.29) is 16.5 Å². The Morgan fingerprint density at radius 1 is 1.27 bits per heavy atom. The Morgan fingerprint density at radius 3 is 2.50 bits per heavy atom. The van der Waals surface area contributed by atoms with Gasteiger partial charge in [0, 0.05) is 18.6 Å². The Kier molecular flexibility index (Phi) is 4.29. The van der Waals surface area contributed by atoms with Crippen molar-refractivity contribution in [3.05, 3.63) is 42.1 Å². The van der Waals surface area contributed by atoms with Crippen LogP contribution in [0.5, 0.6) is 0 Å². The van der Waals surface area contributed by atoms with Crippen molar-refractivity contribution in [2.75, 3.05) is 7.05 Å². The molecular weight excluding hydrogens is 306 g/mol. The fourth-order valence-electron chi connectivity index (χ4n) is 1.80. The topological polar surface area (TPSA) is 117 Å². The Balaban J connectivity index is 2.17. The molecule has 8 nitrogen and oxygen atoms in total. The van der Waals surface area contributed by atoms with E-state index in [1.54, 1.807) is 26.2 Å². The number of pyridine rings is 1. The van der Waals surface area contributed by atoms with Crippen LogP contribution in [0.1, 0.15) is 30.0 Å². The smallest absolute Gasteiger partial charge is 0.257 e. The minimum Gasteiger partial charge on any atom is -0.347 e. The molecule has 9 heteroatoms. The molecule has 22 heavy (non-hydrogen) atoms. The molecule has 2 rings (SSSR count). The number of carbonyl (C=O) groups is 1. The van der Waals surface area contributed by atoms with Gasteiger partial charge in [-0.05, 0) is 33.0 Å². The second-order valence-corrected chi connectivity index (χ2v) is 6.94. The summed E-state index contributed by atoms with van der Waals surface area (Å²) in [5.41, 5.74) is -0.439. The Morgan fingerprint density at radius 2 is 2.00 bits per heavy atom. The van der Waals surface area contributed by atoms with Gasteiger partial charge in [-0.15, -0.1) is 0 Å². The van der Waals surface area contributed by atoms with E-state index in [0.717, 1.165) is 0 Å². The Bertz CT molecular complexity index is 751.